The average Bonchev–Trinajstić information content (AvgIpc) is 2.48. The molecular formula is C13H16S. The molecule has 0 radical (unpaired) electrons. The first-order chi connectivity index (χ1) is 6.74. The van der Waals surface area contributed by atoms with E-state index in [4.69, 9.17) is 0 Å². The highest BCUT2D eigenvalue weighted by Crippen LogP contribution is 2.15. The van der Waals surface area contributed by atoms with E-state index in [1.54, 1.807) is 5.57 Å². The first-order valence-corrected chi connectivity index (χ1v) is 5.97. The van der Waals surface area contributed by atoms with Gasteiger partial charge in [-0.15, -0.1) is 11.3 Å². The van der Waals surface area contributed by atoms with Crippen LogP contribution >= 0.6 is 11.3 Å². The second kappa shape index (κ2) is 3.74. The Kier molecular flexibility index (Phi) is 2.60. The Bertz CT molecular complexity index is 486. The Morgan fingerprint density at radius 1 is 1.36 bits per heavy atom. The van der Waals surface area contributed by atoms with Gasteiger partial charge >= 0.3 is 0 Å². The van der Waals surface area contributed by atoms with E-state index in [0.29, 0.717) is 0 Å². The van der Waals surface area contributed by atoms with E-state index in [9.17, 15) is 0 Å². The SMILES string of the molecule is C/C=C\c1sc2c(c1C)=CCCC=2C. The Labute approximate surface area is 89.3 Å². The van der Waals surface area contributed by atoms with Crippen molar-refractivity contribution in [1.29, 1.82) is 0 Å². The second-order valence-electron chi connectivity index (χ2n) is 3.86. The van der Waals surface area contributed by atoms with Gasteiger partial charge in [0.25, 0.3) is 0 Å². The third-order valence-electron chi connectivity index (χ3n) is 2.80. The summed E-state index contributed by atoms with van der Waals surface area (Å²) < 4.78 is 1.52. The van der Waals surface area contributed by atoms with Crippen LogP contribution in [0.15, 0.2) is 6.08 Å². The molecule has 1 aromatic heterocycles. The van der Waals surface area contributed by atoms with Gasteiger partial charge in [0, 0.05) is 9.41 Å². The molecule has 0 spiro atoms. The summed E-state index contributed by atoms with van der Waals surface area (Å²) in [7, 11) is 0. The lowest BCUT2D eigenvalue weighted by Crippen LogP contribution is -2.25. The van der Waals surface area contributed by atoms with Crippen molar-refractivity contribution in [3.05, 3.63) is 26.3 Å². The van der Waals surface area contributed by atoms with Crippen molar-refractivity contribution in [2.24, 2.45) is 0 Å². The lowest BCUT2D eigenvalue weighted by Gasteiger charge is -2.01. The lowest BCUT2D eigenvalue weighted by atomic mass is 10.0. The van der Waals surface area contributed by atoms with Crippen molar-refractivity contribution in [2.45, 2.75) is 33.6 Å². The summed E-state index contributed by atoms with van der Waals surface area (Å²) in [6.07, 6.45) is 9.19. The minimum absolute atomic E-state index is 1.21. The molecule has 0 atom stereocenters. The quantitative estimate of drug-likeness (QED) is 0.660. The summed E-state index contributed by atoms with van der Waals surface area (Å²) in [4.78, 5) is 1.43. The van der Waals surface area contributed by atoms with Crippen LogP contribution in [0.25, 0.3) is 17.7 Å². The van der Waals surface area contributed by atoms with Crippen molar-refractivity contribution >= 4 is 29.1 Å². The molecule has 0 N–H and O–H groups in total. The van der Waals surface area contributed by atoms with Gasteiger partial charge in [-0.05, 0) is 50.5 Å². The van der Waals surface area contributed by atoms with Gasteiger partial charge < -0.3 is 0 Å². The number of allylic oxidation sites excluding steroid dienone is 1. The van der Waals surface area contributed by atoms with E-state index in [2.05, 4.69) is 39.0 Å². The summed E-state index contributed by atoms with van der Waals surface area (Å²) in [5.41, 5.74) is 3.02. The summed E-state index contributed by atoms with van der Waals surface area (Å²) in [6.45, 7) is 6.58. The third kappa shape index (κ3) is 1.46. The van der Waals surface area contributed by atoms with E-state index >= 15 is 0 Å². The average molecular weight is 204 g/mol. The van der Waals surface area contributed by atoms with Crippen LogP contribution in [-0.4, -0.2) is 0 Å². The molecule has 0 saturated carbocycles. The highest BCUT2D eigenvalue weighted by atomic mass is 32.1. The van der Waals surface area contributed by atoms with Gasteiger partial charge in [-0.25, -0.2) is 0 Å². The minimum atomic E-state index is 1.21. The van der Waals surface area contributed by atoms with E-state index in [-0.39, 0.29) is 0 Å². The van der Waals surface area contributed by atoms with Crippen molar-refractivity contribution in [3.8, 4) is 0 Å². The smallest absolute Gasteiger partial charge is 0.0338 e. The number of rotatable bonds is 1. The van der Waals surface area contributed by atoms with Crippen LogP contribution in [0.3, 0.4) is 0 Å². The first-order valence-electron chi connectivity index (χ1n) is 5.16. The standard InChI is InChI=1S/C13H16S/c1-4-6-12-10(3)11-8-5-7-9(2)13(11)14-12/h4,6,8H,5,7H2,1-3H3/b6-4-. The molecule has 74 valence electrons. The lowest BCUT2D eigenvalue weighted by molar-refractivity contribution is 1.07. The van der Waals surface area contributed by atoms with E-state index in [0.717, 1.165) is 0 Å². The summed E-state index contributed by atoms with van der Waals surface area (Å²) in [5, 5.41) is 1.49. The predicted octanol–water partition coefficient (Wildman–Crippen LogP) is 2.83. The maximum atomic E-state index is 2.39. The fraction of sp³-hybridized carbons (Fsp3) is 0.385. The Hall–Kier alpha value is -0.820. The largest absolute Gasteiger partial charge is 0.136 e. The van der Waals surface area contributed by atoms with Crippen molar-refractivity contribution in [3.63, 3.8) is 0 Å². The highest BCUT2D eigenvalue weighted by molar-refractivity contribution is 7.11. The van der Waals surface area contributed by atoms with Crippen LogP contribution in [0.1, 0.15) is 37.1 Å². The molecular weight excluding hydrogens is 188 g/mol. The van der Waals surface area contributed by atoms with Gasteiger partial charge in [0.1, 0.15) is 0 Å². The van der Waals surface area contributed by atoms with Gasteiger partial charge in [0.15, 0.2) is 0 Å². The van der Waals surface area contributed by atoms with E-state index in [1.807, 2.05) is 11.3 Å². The molecule has 0 bridgehead atoms. The molecule has 0 amide bonds. The fourth-order valence-corrected chi connectivity index (χ4v) is 3.27. The highest BCUT2D eigenvalue weighted by Gasteiger charge is 2.07. The number of hydrogen-bond donors (Lipinski definition) is 0. The zero-order valence-corrected chi connectivity index (χ0v) is 9.87. The molecule has 2 rings (SSSR count). The minimum Gasteiger partial charge on any atom is -0.136 e. The normalized spacial score (nSPS) is 15.8. The number of hydrogen-bond acceptors (Lipinski definition) is 1. The van der Waals surface area contributed by atoms with Crippen molar-refractivity contribution in [1.82, 2.24) is 0 Å². The van der Waals surface area contributed by atoms with Crippen LogP contribution in [0.2, 0.25) is 0 Å². The van der Waals surface area contributed by atoms with Crippen LogP contribution in [-0.2, 0) is 0 Å². The zero-order valence-electron chi connectivity index (χ0n) is 9.05. The number of fused-ring (bicyclic) bond motifs is 1. The Morgan fingerprint density at radius 2 is 2.14 bits per heavy atom. The molecule has 0 aromatic carbocycles. The molecule has 14 heavy (non-hydrogen) atoms. The van der Waals surface area contributed by atoms with Gasteiger partial charge in [0.05, 0.1) is 0 Å². The maximum absolute atomic E-state index is 2.39. The van der Waals surface area contributed by atoms with Crippen LogP contribution in [0.4, 0.5) is 0 Å². The summed E-state index contributed by atoms with van der Waals surface area (Å²) >= 11 is 1.94. The fourth-order valence-electron chi connectivity index (χ4n) is 1.96. The maximum Gasteiger partial charge on any atom is 0.0338 e. The summed E-state index contributed by atoms with van der Waals surface area (Å²) in [5.74, 6) is 0. The van der Waals surface area contributed by atoms with Crippen molar-refractivity contribution in [2.75, 3.05) is 0 Å². The topological polar surface area (TPSA) is 0 Å². The Balaban J connectivity index is 2.79. The molecule has 1 heterocycles. The molecule has 0 nitrogen and oxygen atoms in total. The van der Waals surface area contributed by atoms with Gasteiger partial charge in [-0.1, -0.05) is 17.7 Å². The first kappa shape index (κ1) is 9.72. The molecule has 1 aromatic rings. The summed E-state index contributed by atoms with van der Waals surface area (Å²) in [6, 6.07) is 0. The van der Waals surface area contributed by atoms with Crippen molar-refractivity contribution < 1.29 is 0 Å². The number of thiophene rings is 1. The van der Waals surface area contributed by atoms with Crippen LogP contribution in [0.5, 0.6) is 0 Å². The third-order valence-corrected chi connectivity index (χ3v) is 4.24. The van der Waals surface area contributed by atoms with Gasteiger partial charge in [-0.2, -0.15) is 0 Å². The Morgan fingerprint density at radius 3 is 2.79 bits per heavy atom. The molecule has 1 aliphatic rings. The van der Waals surface area contributed by atoms with E-state index in [1.165, 1.54) is 33.0 Å². The predicted molar refractivity (Wildman–Crippen MR) is 65.8 cm³/mol. The van der Waals surface area contributed by atoms with E-state index < -0.39 is 0 Å². The molecule has 1 heteroatoms. The molecule has 0 unspecified atom stereocenters. The van der Waals surface area contributed by atoms with Crippen LogP contribution < -0.4 is 9.75 Å². The molecule has 0 saturated heterocycles. The van der Waals surface area contributed by atoms with Gasteiger partial charge in [-0.3, -0.25) is 0 Å². The van der Waals surface area contributed by atoms with Crippen LogP contribution in [0, 0.1) is 6.92 Å². The molecule has 1 aliphatic carbocycles. The monoisotopic (exact) mass is 204 g/mol. The zero-order chi connectivity index (χ0) is 10.1. The molecule has 0 aliphatic heterocycles. The molecule has 0 fully saturated rings. The second-order valence-corrected chi connectivity index (χ2v) is 4.91. The van der Waals surface area contributed by atoms with Gasteiger partial charge in [0.2, 0.25) is 0 Å².